The summed E-state index contributed by atoms with van der Waals surface area (Å²) in [4.78, 5) is 10.4. The third-order valence-electron chi connectivity index (χ3n) is 2.69. The molecule has 2 rings (SSSR count). The highest BCUT2D eigenvalue weighted by atomic mass is 15.3. The molecule has 0 saturated carbocycles. The molecule has 19 heavy (non-hydrogen) atoms. The van der Waals surface area contributed by atoms with Crippen LogP contribution in [0.1, 0.15) is 11.3 Å². The normalized spacial score (nSPS) is 9.74. The molecular formula is C13H14N6. The number of rotatable bonds is 4. The Hall–Kier alpha value is -2.65. The van der Waals surface area contributed by atoms with Crippen molar-refractivity contribution in [2.75, 3.05) is 17.4 Å². The third-order valence-corrected chi connectivity index (χ3v) is 2.69. The number of benzene rings is 1. The summed E-state index contributed by atoms with van der Waals surface area (Å²) in [7, 11) is 1.96. The Labute approximate surface area is 111 Å². The number of nitrogens with two attached hydrogens (primary N) is 1. The van der Waals surface area contributed by atoms with Crippen molar-refractivity contribution >= 4 is 11.5 Å². The smallest absolute Gasteiger partial charge is 0.158 e. The summed E-state index contributed by atoms with van der Waals surface area (Å²) >= 11 is 0. The van der Waals surface area contributed by atoms with E-state index in [1.807, 2.05) is 24.1 Å². The van der Waals surface area contributed by atoms with Crippen molar-refractivity contribution < 1.29 is 0 Å². The maximum atomic E-state index is 8.75. The van der Waals surface area contributed by atoms with Gasteiger partial charge in [0, 0.05) is 12.7 Å². The summed E-state index contributed by atoms with van der Waals surface area (Å²) in [5, 5.41) is 8.75. The first-order valence-corrected chi connectivity index (χ1v) is 5.72. The predicted molar refractivity (Wildman–Crippen MR) is 73.1 cm³/mol. The van der Waals surface area contributed by atoms with Gasteiger partial charge in [0.2, 0.25) is 0 Å². The van der Waals surface area contributed by atoms with Crippen LogP contribution < -0.4 is 16.2 Å². The van der Waals surface area contributed by atoms with E-state index in [1.165, 1.54) is 0 Å². The maximum absolute atomic E-state index is 8.75. The summed E-state index contributed by atoms with van der Waals surface area (Å²) in [6.45, 7) is 0.629. The van der Waals surface area contributed by atoms with Gasteiger partial charge >= 0.3 is 0 Å². The minimum Gasteiger partial charge on any atom is -0.369 e. The number of nitrogen functional groups attached to an aromatic ring is 1. The molecule has 0 spiro atoms. The van der Waals surface area contributed by atoms with Gasteiger partial charge < -0.3 is 10.3 Å². The van der Waals surface area contributed by atoms with E-state index < -0.39 is 0 Å². The molecule has 1 aromatic heterocycles. The van der Waals surface area contributed by atoms with E-state index in [0.29, 0.717) is 17.9 Å². The number of aromatic nitrogens is 2. The fraction of sp³-hybridized carbons (Fsp3) is 0.154. The van der Waals surface area contributed by atoms with Crippen LogP contribution in [0.2, 0.25) is 0 Å². The second-order valence-electron chi connectivity index (χ2n) is 4.05. The molecular weight excluding hydrogens is 240 g/mol. The Kier molecular flexibility index (Phi) is 3.90. The number of hydrogen-bond donors (Lipinski definition) is 2. The standard InChI is InChI=1S/C13H14N6/c1-19(12-4-2-10(6-14)3-5-12)9-11-7-17-13(18-15)8-16-11/h2-5,7-8H,9,15H2,1H3,(H,17,18). The summed E-state index contributed by atoms with van der Waals surface area (Å²) in [5.41, 5.74) is 4.94. The lowest BCUT2D eigenvalue weighted by atomic mass is 10.2. The van der Waals surface area contributed by atoms with Gasteiger partial charge in [0.15, 0.2) is 5.82 Å². The van der Waals surface area contributed by atoms with Crippen LogP contribution in [-0.4, -0.2) is 17.0 Å². The van der Waals surface area contributed by atoms with Crippen LogP contribution >= 0.6 is 0 Å². The van der Waals surface area contributed by atoms with Crippen LogP contribution in [0.3, 0.4) is 0 Å². The average molecular weight is 254 g/mol. The topological polar surface area (TPSA) is 90.9 Å². The average Bonchev–Trinajstić information content (AvgIpc) is 2.48. The number of nitrogens with one attached hydrogen (secondary N) is 1. The monoisotopic (exact) mass is 254 g/mol. The van der Waals surface area contributed by atoms with E-state index in [4.69, 9.17) is 11.1 Å². The van der Waals surface area contributed by atoms with Crippen LogP contribution in [0.4, 0.5) is 11.5 Å². The number of hydrogen-bond acceptors (Lipinski definition) is 6. The molecule has 0 aliphatic carbocycles. The van der Waals surface area contributed by atoms with Crippen molar-refractivity contribution in [3.05, 3.63) is 47.9 Å². The molecule has 0 unspecified atom stereocenters. The molecule has 6 nitrogen and oxygen atoms in total. The van der Waals surface area contributed by atoms with Crippen LogP contribution in [0, 0.1) is 11.3 Å². The van der Waals surface area contributed by atoms with Crippen molar-refractivity contribution in [2.45, 2.75) is 6.54 Å². The SMILES string of the molecule is CN(Cc1cnc(NN)cn1)c1ccc(C#N)cc1. The van der Waals surface area contributed by atoms with Crippen LogP contribution in [-0.2, 0) is 6.54 Å². The fourth-order valence-corrected chi connectivity index (χ4v) is 1.64. The molecule has 0 radical (unpaired) electrons. The highest BCUT2D eigenvalue weighted by Gasteiger charge is 2.04. The largest absolute Gasteiger partial charge is 0.369 e. The predicted octanol–water partition coefficient (Wildman–Crippen LogP) is 1.27. The Morgan fingerprint density at radius 2 is 2.00 bits per heavy atom. The zero-order chi connectivity index (χ0) is 13.7. The number of nitriles is 1. The van der Waals surface area contributed by atoms with Crippen molar-refractivity contribution in [1.29, 1.82) is 5.26 Å². The molecule has 0 atom stereocenters. The minimum atomic E-state index is 0.532. The van der Waals surface area contributed by atoms with E-state index in [2.05, 4.69) is 21.5 Å². The van der Waals surface area contributed by atoms with Crippen LogP contribution in [0.25, 0.3) is 0 Å². The number of nitrogens with zero attached hydrogens (tertiary/aromatic N) is 4. The first kappa shape index (κ1) is 12.8. The summed E-state index contributed by atoms with van der Waals surface area (Å²) in [5.74, 6) is 5.76. The highest BCUT2D eigenvalue weighted by Crippen LogP contribution is 2.15. The molecule has 0 fully saturated rings. The fourth-order valence-electron chi connectivity index (χ4n) is 1.64. The highest BCUT2D eigenvalue weighted by molar-refractivity contribution is 5.49. The first-order valence-electron chi connectivity index (χ1n) is 5.72. The first-order chi connectivity index (χ1) is 9.22. The van der Waals surface area contributed by atoms with Gasteiger partial charge in [0.25, 0.3) is 0 Å². The van der Waals surface area contributed by atoms with E-state index in [9.17, 15) is 0 Å². The summed E-state index contributed by atoms with van der Waals surface area (Å²) < 4.78 is 0. The van der Waals surface area contributed by atoms with Gasteiger partial charge in [-0.1, -0.05) is 0 Å². The van der Waals surface area contributed by atoms with Gasteiger partial charge in [-0.3, -0.25) is 4.98 Å². The van der Waals surface area contributed by atoms with E-state index in [0.717, 1.165) is 11.4 Å². The molecule has 0 aliphatic rings. The summed E-state index contributed by atoms with van der Waals surface area (Å²) in [6, 6.07) is 9.49. The van der Waals surface area contributed by atoms with E-state index in [-0.39, 0.29) is 0 Å². The number of anilines is 2. The molecule has 0 amide bonds. The van der Waals surface area contributed by atoms with E-state index in [1.54, 1.807) is 24.5 Å². The number of hydrazine groups is 1. The van der Waals surface area contributed by atoms with Gasteiger partial charge in [-0.05, 0) is 24.3 Å². The van der Waals surface area contributed by atoms with E-state index >= 15 is 0 Å². The van der Waals surface area contributed by atoms with Gasteiger partial charge in [-0.25, -0.2) is 10.8 Å². The van der Waals surface area contributed by atoms with Gasteiger partial charge in [-0.15, -0.1) is 0 Å². The lowest BCUT2D eigenvalue weighted by Gasteiger charge is -2.18. The molecule has 0 bridgehead atoms. The molecule has 96 valence electrons. The van der Waals surface area contributed by atoms with Crippen molar-refractivity contribution in [1.82, 2.24) is 9.97 Å². The molecule has 6 heteroatoms. The Morgan fingerprint density at radius 1 is 1.26 bits per heavy atom. The van der Waals surface area contributed by atoms with Gasteiger partial charge in [0.1, 0.15) is 0 Å². The van der Waals surface area contributed by atoms with Gasteiger partial charge in [-0.2, -0.15) is 5.26 Å². The molecule has 0 saturated heterocycles. The van der Waals surface area contributed by atoms with Crippen LogP contribution in [0.15, 0.2) is 36.7 Å². The zero-order valence-electron chi connectivity index (χ0n) is 10.5. The quantitative estimate of drug-likeness (QED) is 0.630. The third kappa shape index (κ3) is 3.18. The molecule has 1 heterocycles. The lowest BCUT2D eigenvalue weighted by molar-refractivity contribution is 0.873. The lowest BCUT2D eigenvalue weighted by Crippen LogP contribution is -2.17. The molecule has 2 aromatic rings. The Bertz CT molecular complexity index is 570. The van der Waals surface area contributed by atoms with Gasteiger partial charge in [0.05, 0.1) is 36.3 Å². The molecule has 0 aliphatic heterocycles. The van der Waals surface area contributed by atoms with Crippen molar-refractivity contribution in [3.8, 4) is 6.07 Å². The molecule has 3 N–H and O–H groups in total. The molecule has 1 aromatic carbocycles. The van der Waals surface area contributed by atoms with Crippen LogP contribution in [0.5, 0.6) is 0 Å². The van der Waals surface area contributed by atoms with Crippen molar-refractivity contribution in [2.24, 2.45) is 5.84 Å². The second kappa shape index (κ2) is 5.80. The summed E-state index contributed by atoms with van der Waals surface area (Å²) in [6.07, 6.45) is 3.26. The second-order valence-corrected chi connectivity index (χ2v) is 4.05. The van der Waals surface area contributed by atoms with Crippen molar-refractivity contribution in [3.63, 3.8) is 0 Å². The minimum absolute atomic E-state index is 0.532. The maximum Gasteiger partial charge on any atom is 0.158 e. The Balaban J connectivity index is 2.06. The Morgan fingerprint density at radius 3 is 2.53 bits per heavy atom. The zero-order valence-corrected chi connectivity index (χ0v) is 10.5.